The van der Waals surface area contributed by atoms with E-state index in [1.54, 1.807) is 38.1 Å². The highest BCUT2D eigenvalue weighted by atomic mass is 32.2. The van der Waals surface area contributed by atoms with Crippen LogP contribution in [0.25, 0.3) is 0 Å². The van der Waals surface area contributed by atoms with E-state index in [4.69, 9.17) is 9.90 Å². The number of aryl methyl sites for hydroxylation is 1. The SMILES string of the molecule is Cc1ccc(S(=O)(=O)N(CCS(=O)(=O)N2CCNCC2)C(C)C)cc1.O=C(O)C(F)(F)F. The van der Waals surface area contributed by atoms with Crippen LogP contribution >= 0.6 is 0 Å². The number of piperazine rings is 1. The van der Waals surface area contributed by atoms with Gasteiger partial charge in [-0.05, 0) is 32.9 Å². The molecule has 0 bridgehead atoms. The molecular formula is C18H28F3N3O6S2. The molecule has 0 aromatic heterocycles. The Bertz CT molecular complexity index is 959. The van der Waals surface area contributed by atoms with Gasteiger partial charge in [0.15, 0.2) is 0 Å². The van der Waals surface area contributed by atoms with Gasteiger partial charge in [0.2, 0.25) is 20.0 Å². The maximum atomic E-state index is 12.9. The number of carboxylic acid groups (broad SMARTS) is 1. The van der Waals surface area contributed by atoms with Gasteiger partial charge in [-0.15, -0.1) is 0 Å². The molecule has 184 valence electrons. The third kappa shape index (κ3) is 8.31. The van der Waals surface area contributed by atoms with E-state index in [1.807, 2.05) is 6.92 Å². The third-order valence-corrected chi connectivity index (χ3v) is 8.42. The number of nitrogens with one attached hydrogen (secondary N) is 1. The first-order valence-corrected chi connectivity index (χ1v) is 12.7. The number of benzene rings is 1. The van der Waals surface area contributed by atoms with Crippen molar-refractivity contribution >= 4 is 26.0 Å². The molecule has 0 amide bonds. The van der Waals surface area contributed by atoms with Gasteiger partial charge in [0.05, 0.1) is 10.6 Å². The van der Waals surface area contributed by atoms with Crippen molar-refractivity contribution in [3.05, 3.63) is 29.8 Å². The van der Waals surface area contributed by atoms with Gasteiger partial charge in [-0.1, -0.05) is 17.7 Å². The van der Waals surface area contributed by atoms with Gasteiger partial charge in [0, 0.05) is 38.8 Å². The van der Waals surface area contributed by atoms with E-state index >= 15 is 0 Å². The summed E-state index contributed by atoms with van der Waals surface area (Å²) in [6.45, 7) is 7.43. The molecule has 0 unspecified atom stereocenters. The number of hydrogen-bond donors (Lipinski definition) is 2. The van der Waals surface area contributed by atoms with Crippen LogP contribution in [0.2, 0.25) is 0 Å². The van der Waals surface area contributed by atoms with Crippen molar-refractivity contribution in [2.45, 2.75) is 37.9 Å². The van der Waals surface area contributed by atoms with E-state index < -0.39 is 32.2 Å². The maximum absolute atomic E-state index is 12.9. The Hall–Kier alpha value is -1.74. The second-order valence-electron chi connectivity index (χ2n) is 7.29. The molecule has 9 nitrogen and oxygen atoms in total. The molecule has 2 N–H and O–H groups in total. The topological polar surface area (TPSA) is 124 Å². The number of hydrogen-bond acceptors (Lipinski definition) is 6. The lowest BCUT2D eigenvalue weighted by Crippen LogP contribution is -2.49. The summed E-state index contributed by atoms with van der Waals surface area (Å²) in [5.41, 5.74) is 0.969. The third-order valence-electron chi connectivity index (χ3n) is 4.49. The Morgan fingerprint density at radius 1 is 1.12 bits per heavy atom. The minimum atomic E-state index is -5.08. The van der Waals surface area contributed by atoms with Gasteiger partial charge in [0.1, 0.15) is 0 Å². The van der Waals surface area contributed by atoms with E-state index in [1.165, 1.54) is 8.61 Å². The van der Waals surface area contributed by atoms with Gasteiger partial charge in [-0.3, -0.25) is 0 Å². The fourth-order valence-electron chi connectivity index (χ4n) is 2.76. The number of halogens is 3. The molecule has 2 rings (SSSR count). The summed E-state index contributed by atoms with van der Waals surface area (Å²) in [5.74, 6) is -2.97. The minimum Gasteiger partial charge on any atom is -0.475 e. The molecule has 1 aliphatic heterocycles. The van der Waals surface area contributed by atoms with Crippen LogP contribution in [0.3, 0.4) is 0 Å². The summed E-state index contributed by atoms with van der Waals surface area (Å²) in [6.07, 6.45) is -5.08. The molecule has 1 fully saturated rings. The zero-order valence-electron chi connectivity index (χ0n) is 18.0. The van der Waals surface area contributed by atoms with E-state index in [0.717, 1.165) is 5.56 Å². The van der Waals surface area contributed by atoms with Crippen LogP contribution in [0.15, 0.2) is 29.2 Å². The number of nitrogens with zero attached hydrogens (tertiary/aromatic N) is 2. The summed E-state index contributed by atoms with van der Waals surface area (Å²) in [5, 5.41) is 10.2. The normalized spacial score (nSPS) is 16.0. The molecule has 32 heavy (non-hydrogen) atoms. The summed E-state index contributed by atoms with van der Waals surface area (Å²) < 4.78 is 85.2. The highest BCUT2D eigenvalue weighted by molar-refractivity contribution is 7.90. The molecule has 0 saturated carbocycles. The van der Waals surface area contributed by atoms with Gasteiger partial charge in [0.25, 0.3) is 0 Å². The van der Waals surface area contributed by atoms with Crippen LogP contribution in [0.1, 0.15) is 19.4 Å². The predicted molar refractivity (Wildman–Crippen MR) is 112 cm³/mol. The summed E-state index contributed by atoms with van der Waals surface area (Å²) in [4.78, 5) is 9.08. The Morgan fingerprint density at radius 3 is 2.00 bits per heavy atom. The van der Waals surface area contributed by atoms with Crippen LogP contribution in [-0.4, -0.2) is 87.2 Å². The lowest BCUT2D eigenvalue weighted by Gasteiger charge is -2.29. The lowest BCUT2D eigenvalue weighted by atomic mass is 10.2. The van der Waals surface area contributed by atoms with E-state index in [-0.39, 0.29) is 23.2 Å². The molecule has 1 heterocycles. The van der Waals surface area contributed by atoms with Crippen molar-refractivity contribution in [2.75, 3.05) is 38.5 Å². The van der Waals surface area contributed by atoms with Crippen LogP contribution in [0.5, 0.6) is 0 Å². The Balaban J connectivity index is 0.000000633. The highest BCUT2D eigenvalue weighted by Crippen LogP contribution is 2.19. The molecule has 0 radical (unpaired) electrons. The first kappa shape index (κ1) is 28.3. The van der Waals surface area contributed by atoms with Crippen molar-refractivity contribution in [3.63, 3.8) is 0 Å². The minimum absolute atomic E-state index is 0.0554. The molecule has 0 atom stereocenters. The molecular weight excluding hydrogens is 475 g/mol. The highest BCUT2D eigenvalue weighted by Gasteiger charge is 2.38. The molecule has 1 saturated heterocycles. The molecule has 0 aliphatic carbocycles. The van der Waals surface area contributed by atoms with Gasteiger partial charge in [-0.2, -0.15) is 21.8 Å². The monoisotopic (exact) mass is 503 g/mol. The number of aliphatic carboxylic acids is 1. The molecule has 0 spiro atoms. The van der Waals surface area contributed by atoms with Crippen molar-refractivity contribution in [3.8, 4) is 0 Å². The van der Waals surface area contributed by atoms with Gasteiger partial charge >= 0.3 is 12.1 Å². The summed E-state index contributed by atoms with van der Waals surface area (Å²) >= 11 is 0. The molecule has 14 heteroatoms. The number of alkyl halides is 3. The largest absolute Gasteiger partial charge is 0.490 e. The maximum Gasteiger partial charge on any atom is 0.490 e. The van der Waals surface area contributed by atoms with Crippen LogP contribution in [-0.2, 0) is 24.8 Å². The number of carboxylic acids is 1. The molecule has 1 aromatic rings. The van der Waals surface area contributed by atoms with Gasteiger partial charge in [-0.25, -0.2) is 21.6 Å². The predicted octanol–water partition coefficient (Wildman–Crippen LogP) is 1.26. The lowest BCUT2D eigenvalue weighted by molar-refractivity contribution is -0.192. The first-order chi connectivity index (χ1) is 14.6. The molecule has 1 aliphatic rings. The van der Waals surface area contributed by atoms with Crippen LogP contribution < -0.4 is 5.32 Å². The van der Waals surface area contributed by atoms with Gasteiger partial charge < -0.3 is 10.4 Å². The Morgan fingerprint density at radius 2 is 1.59 bits per heavy atom. The standard InChI is InChI=1S/C16H27N3O4S2.C2HF3O2/c1-14(2)19(25(22,23)16-6-4-15(3)5-7-16)12-13-24(20,21)18-10-8-17-9-11-18;3-2(4,5)1(6)7/h4-7,14,17H,8-13H2,1-3H3;(H,6,7). The van der Waals surface area contributed by atoms with E-state index in [9.17, 15) is 30.0 Å². The summed E-state index contributed by atoms with van der Waals surface area (Å²) in [6, 6.07) is 6.27. The van der Waals surface area contributed by atoms with E-state index in [2.05, 4.69) is 5.32 Å². The zero-order chi connectivity index (χ0) is 24.7. The fourth-order valence-corrected chi connectivity index (χ4v) is 5.94. The van der Waals surface area contributed by atoms with Crippen molar-refractivity contribution in [2.24, 2.45) is 0 Å². The second-order valence-corrected chi connectivity index (χ2v) is 11.3. The smallest absolute Gasteiger partial charge is 0.475 e. The van der Waals surface area contributed by atoms with E-state index in [0.29, 0.717) is 26.2 Å². The fraction of sp³-hybridized carbons (Fsp3) is 0.611. The Labute approximate surface area is 186 Å². The average molecular weight is 504 g/mol. The number of carbonyl (C=O) groups is 1. The second kappa shape index (κ2) is 11.4. The van der Waals surface area contributed by atoms with Crippen molar-refractivity contribution in [1.29, 1.82) is 0 Å². The van der Waals surface area contributed by atoms with Crippen molar-refractivity contribution in [1.82, 2.24) is 13.9 Å². The van der Waals surface area contributed by atoms with Crippen LogP contribution in [0.4, 0.5) is 13.2 Å². The summed E-state index contributed by atoms with van der Waals surface area (Å²) in [7, 11) is -7.21. The number of rotatable bonds is 7. The van der Waals surface area contributed by atoms with Crippen LogP contribution in [0, 0.1) is 6.92 Å². The average Bonchev–Trinajstić information content (AvgIpc) is 2.68. The zero-order valence-corrected chi connectivity index (χ0v) is 19.6. The molecule has 1 aromatic carbocycles. The Kier molecular flexibility index (Phi) is 10.1. The quantitative estimate of drug-likeness (QED) is 0.574. The van der Waals surface area contributed by atoms with Crippen molar-refractivity contribution < 1.29 is 39.9 Å². The number of sulfonamides is 2. The first-order valence-electron chi connectivity index (χ1n) is 9.66.